The molecule has 3 aromatic rings. The van der Waals surface area contributed by atoms with Crippen LogP contribution in [0.1, 0.15) is 15.2 Å². The predicted molar refractivity (Wildman–Crippen MR) is 77.9 cm³/mol. The lowest BCUT2D eigenvalue weighted by Gasteiger charge is -2.07. The molecule has 114 valence electrons. The molecule has 0 spiro atoms. The van der Waals surface area contributed by atoms with Crippen molar-refractivity contribution in [1.82, 2.24) is 4.98 Å². The number of ether oxygens (including phenoxy) is 1. The molecular weight excluding hydrogens is 317 g/mol. The third-order valence-electron chi connectivity index (χ3n) is 3.26. The quantitative estimate of drug-likeness (QED) is 0.690. The zero-order valence-corrected chi connectivity index (χ0v) is 12.0. The number of halogens is 3. The summed E-state index contributed by atoms with van der Waals surface area (Å²) in [5.74, 6) is -0.626. The number of esters is 1. The van der Waals surface area contributed by atoms with E-state index < -0.39 is 17.7 Å². The van der Waals surface area contributed by atoms with E-state index in [4.69, 9.17) is 5.73 Å². The highest BCUT2D eigenvalue weighted by Crippen LogP contribution is 2.39. The second-order valence-corrected chi connectivity index (χ2v) is 5.59. The van der Waals surface area contributed by atoms with Crippen molar-refractivity contribution >= 4 is 44.0 Å². The van der Waals surface area contributed by atoms with Crippen LogP contribution in [0.2, 0.25) is 0 Å². The van der Waals surface area contributed by atoms with Gasteiger partial charge in [-0.1, -0.05) is 0 Å². The number of nitrogen functional groups attached to an aromatic ring is 1. The van der Waals surface area contributed by atoms with Crippen LogP contribution in [-0.2, 0) is 10.9 Å². The summed E-state index contributed by atoms with van der Waals surface area (Å²) in [7, 11) is 1.21. The number of hydrogen-bond acceptors (Lipinski definition) is 5. The van der Waals surface area contributed by atoms with Crippen LogP contribution in [0.25, 0.3) is 21.0 Å². The molecule has 2 aromatic heterocycles. The molecule has 0 saturated carbocycles. The van der Waals surface area contributed by atoms with Crippen molar-refractivity contribution in [3.63, 3.8) is 0 Å². The minimum atomic E-state index is -4.45. The lowest BCUT2D eigenvalue weighted by molar-refractivity contribution is -0.137. The molecule has 3 rings (SSSR count). The van der Waals surface area contributed by atoms with Crippen LogP contribution in [0.4, 0.5) is 18.9 Å². The Bertz CT molecular complexity index is 902. The smallest absolute Gasteiger partial charge is 0.416 e. The van der Waals surface area contributed by atoms with E-state index in [0.29, 0.717) is 21.0 Å². The molecule has 22 heavy (non-hydrogen) atoms. The highest BCUT2D eigenvalue weighted by molar-refractivity contribution is 7.22. The fourth-order valence-electron chi connectivity index (χ4n) is 2.17. The number of pyridine rings is 1. The Morgan fingerprint density at radius 2 is 2.05 bits per heavy atom. The first-order chi connectivity index (χ1) is 10.3. The lowest BCUT2D eigenvalue weighted by atomic mass is 10.1. The average Bonchev–Trinajstić information content (AvgIpc) is 2.82. The van der Waals surface area contributed by atoms with Crippen LogP contribution in [0.5, 0.6) is 0 Å². The van der Waals surface area contributed by atoms with Crippen molar-refractivity contribution in [2.24, 2.45) is 0 Å². The number of hydrogen-bond donors (Lipinski definition) is 1. The summed E-state index contributed by atoms with van der Waals surface area (Å²) < 4.78 is 43.7. The van der Waals surface area contributed by atoms with Crippen molar-refractivity contribution in [1.29, 1.82) is 0 Å². The van der Waals surface area contributed by atoms with E-state index in [2.05, 4.69) is 9.72 Å². The average molecular weight is 326 g/mol. The van der Waals surface area contributed by atoms with Crippen molar-refractivity contribution in [3.8, 4) is 0 Å². The third-order valence-corrected chi connectivity index (χ3v) is 4.49. The minimum Gasteiger partial charge on any atom is -0.465 e. The number of nitrogens with zero attached hydrogens (tertiary/aromatic N) is 1. The molecule has 0 unspecified atom stereocenters. The first-order valence-electron chi connectivity index (χ1n) is 6.09. The van der Waals surface area contributed by atoms with E-state index >= 15 is 0 Å². The van der Waals surface area contributed by atoms with Crippen LogP contribution in [0, 0.1) is 0 Å². The van der Waals surface area contributed by atoms with Crippen molar-refractivity contribution in [2.45, 2.75) is 6.18 Å². The molecule has 0 aliphatic heterocycles. The molecule has 0 amide bonds. The minimum absolute atomic E-state index is 0.157. The summed E-state index contributed by atoms with van der Waals surface area (Å²) in [6.45, 7) is 0. The van der Waals surface area contributed by atoms with Crippen molar-refractivity contribution in [3.05, 3.63) is 34.8 Å². The van der Waals surface area contributed by atoms with Gasteiger partial charge in [-0.15, -0.1) is 11.3 Å². The number of anilines is 1. The molecule has 2 N–H and O–H groups in total. The van der Waals surface area contributed by atoms with Gasteiger partial charge in [-0.2, -0.15) is 13.2 Å². The molecular formula is C14H9F3N2O2S. The molecule has 0 aliphatic carbocycles. The summed E-state index contributed by atoms with van der Waals surface area (Å²) in [4.78, 5) is 15.9. The Balaban J connectivity index is 2.36. The van der Waals surface area contributed by atoms with Crippen LogP contribution in [0.15, 0.2) is 24.4 Å². The maximum absolute atomic E-state index is 12.9. The number of benzene rings is 1. The molecule has 0 aliphatic rings. The number of aromatic nitrogens is 1. The molecule has 1 aromatic carbocycles. The number of carbonyl (C=O) groups is 1. The maximum Gasteiger partial charge on any atom is 0.416 e. The summed E-state index contributed by atoms with van der Waals surface area (Å²) >= 11 is 0.999. The topological polar surface area (TPSA) is 65.2 Å². The van der Waals surface area contributed by atoms with Gasteiger partial charge >= 0.3 is 12.1 Å². The molecule has 0 fully saturated rings. The van der Waals surface area contributed by atoms with Gasteiger partial charge in [0.1, 0.15) is 4.88 Å². The maximum atomic E-state index is 12.9. The number of fused-ring (bicyclic) bond motifs is 3. The molecule has 0 bridgehead atoms. The SMILES string of the molecule is COC(=O)c1sc2c(cnc3ccc(C(F)(F)F)cc32)c1N. The fourth-order valence-corrected chi connectivity index (χ4v) is 3.31. The van der Waals surface area contributed by atoms with E-state index in [1.165, 1.54) is 19.4 Å². The zero-order chi connectivity index (χ0) is 16.1. The van der Waals surface area contributed by atoms with Crippen LogP contribution < -0.4 is 5.73 Å². The number of thiophene rings is 1. The summed E-state index contributed by atoms with van der Waals surface area (Å²) in [5.41, 5.74) is 5.67. The van der Waals surface area contributed by atoms with Crippen LogP contribution >= 0.6 is 11.3 Å². The Morgan fingerprint density at radius 1 is 1.32 bits per heavy atom. The number of carbonyl (C=O) groups excluding carboxylic acids is 1. The summed E-state index contributed by atoms with van der Waals surface area (Å²) in [6, 6.07) is 3.28. The molecule has 8 heteroatoms. The van der Waals surface area contributed by atoms with Gasteiger partial charge in [-0.05, 0) is 18.2 Å². The molecule has 2 heterocycles. The molecule has 4 nitrogen and oxygen atoms in total. The van der Waals surface area contributed by atoms with E-state index in [1.807, 2.05) is 0 Å². The van der Waals surface area contributed by atoms with Crippen LogP contribution in [0.3, 0.4) is 0 Å². The van der Waals surface area contributed by atoms with Gasteiger partial charge in [-0.25, -0.2) is 4.79 Å². The third kappa shape index (κ3) is 2.16. The number of nitrogens with two attached hydrogens (primary N) is 1. The fraction of sp³-hybridized carbons (Fsp3) is 0.143. The molecule has 0 atom stereocenters. The van der Waals surface area contributed by atoms with E-state index in [1.54, 1.807) is 0 Å². The van der Waals surface area contributed by atoms with Gasteiger partial charge in [0.25, 0.3) is 0 Å². The van der Waals surface area contributed by atoms with E-state index in [9.17, 15) is 18.0 Å². The standard InChI is InChI=1S/C14H9F3N2O2S/c1-21-13(20)12-10(18)8-5-19-9-3-2-6(14(15,16)17)4-7(9)11(8)22-12/h2-5H,18H2,1H3. The largest absolute Gasteiger partial charge is 0.465 e. The monoisotopic (exact) mass is 326 g/mol. The second kappa shape index (κ2) is 4.84. The van der Waals surface area contributed by atoms with Gasteiger partial charge in [0.2, 0.25) is 0 Å². The first-order valence-corrected chi connectivity index (χ1v) is 6.91. The van der Waals surface area contributed by atoms with Gasteiger partial charge in [-0.3, -0.25) is 4.98 Å². The Kier molecular flexibility index (Phi) is 3.21. The normalized spacial score (nSPS) is 12.0. The molecule has 0 radical (unpaired) electrons. The summed E-state index contributed by atoms with van der Waals surface area (Å²) in [5, 5.41) is 0.747. The van der Waals surface area contributed by atoms with Gasteiger partial charge in [0, 0.05) is 21.7 Å². The van der Waals surface area contributed by atoms with E-state index in [0.717, 1.165) is 23.5 Å². The van der Waals surface area contributed by atoms with Gasteiger partial charge in [0.05, 0.1) is 23.9 Å². The van der Waals surface area contributed by atoms with Crippen molar-refractivity contribution < 1.29 is 22.7 Å². The van der Waals surface area contributed by atoms with Crippen LogP contribution in [-0.4, -0.2) is 18.1 Å². The number of alkyl halides is 3. The highest BCUT2D eigenvalue weighted by Gasteiger charge is 2.31. The first kappa shape index (κ1) is 14.6. The number of rotatable bonds is 1. The predicted octanol–water partition coefficient (Wildman–Crippen LogP) is 3.84. The summed E-state index contributed by atoms with van der Waals surface area (Å²) in [6.07, 6.45) is -3.01. The Labute approximate surface area is 126 Å². The highest BCUT2D eigenvalue weighted by atomic mass is 32.1. The molecule has 0 saturated heterocycles. The lowest BCUT2D eigenvalue weighted by Crippen LogP contribution is -2.04. The van der Waals surface area contributed by atoms with Crippen molar-refractivity contribution in [2.75, 3.05) is 12.8 Å². The Hall–Kier alpha value is -2.35. The van der Waals surface area contributed by atoms with Gasteiger partial charge in [0.15, 0.2) is 0 Å². The van der Waals surface area contributed by atoms with Gasteiger partial charge < -0.3 is 10.5 Å². The second-order valence-electron chi connectivity index (χ2n) is 4.57. The van der Waals surface area contributed by atoms with E-state index in [-0.39, 0.29) is 10.6 Å². The Morgan fingerprint density at radius 3 is 2.68 bits per heavy atom. The number of methoxy groups -OCH3 is 1. The zero-order valence-electron chi connectivity index (χ0n) is 11.2.